The molecule has 0 aliphatic rings. The van der Waals surface area contributed by atoms with Crippen LogP contribution in [0.3, 0.4) is 0 Å². The van der Waals surface area contributed by atoms with Gasteiger partial charge in [-0.25, -0.2) is 12.8 Å². The van der Waals surface area contributed by atoms with Crippen molar-refractivity contribution < 1.29 is 27.5 Å². The van der Waals surface area contributed by atoms with Gasteiger partial charge in [-0.05, 0) is 24.6 Å². The summed E-state index contributed by atoms with van der Waals surface area (Å²) in [5, 5.41) is 14.6. The highest BCUT2D eigenvalue weighted by molar-refractivity contribution is 7.90. The van der Waals surface area contributed by atoms with E-state index >= 15 is 0 Å². The fourth-order valence-electron chi connectivity index (χ4n) is 1.83. The third kappa shape index (κ3) is 5.29. The zero-order valence-electron chi connectivity index (χ0n) is 12.7. The molecule has 23 heavy (non-hydrogen) atoms. The molecule has 1 aromatic carbocycles. The Bertz CT molecular complexity index is 648. The van der Waals surface area contributed by atoms with Crippen LogP contribution in [0.2, 0.25) is 0 Å². The zero-order valence-corrected chi connectivity index (χ0v) is 13.5. The number of hydrogen-bond donors (Lipinski definition) is 3. The van der Waals surface area contributed by atoms with E-state index in [1.54, 1.807) is 0 Å². The number of hydrogen-bond acceptors (Lipinski definition) is 5. The Balaban J connectivity index is 2.86. The van der Waals surface area contributed by atoms with E-state index in [-0.39, 0.29) is 10.5 Å². The third-order valence-electron chi connectivity index (χ3n) is 3.24. The number of benzene rings is 1. The van der Waals surface area contributed by atoms with Crippen molar-refractivity contribution in [2.45, 2.75) is 30.0 Å². The maximum absolute atomic E-state index is 13.1. The summed E-state index contributed by atoms with van der Waals surface area (Å²) >= 11 is 0. The zero-order chi connectivity index (χ0) is 17.6. The van der Waals surface area contributed by atoms with Gasteiger partial charge in [-0.15, -0.1) is 0 Å². The molecule has 128 valence electrons. The number of halogens is 1. The minimum absolute atomic E-state index is 0.0677. The summed E-state index contributed by atoms with van der Waals surface area (Å²) < 4.78 is 35.9. The van der Waals surface area contributed by atoms with Gasteiger partial charge in [0, 0.05) is 6.26 Å². The number of carbonyl (C=O) groups excluding carboxylic acids is 2. The molecule has 0 aliphatic carbocycles. The predicted molar refractivity (Wildman–Crippen MR) is 81.1 cm³/mol. The van der Waals surface area contributed by atoms with Crippen LogP contribution in [-0.2, 0) is 19.4 Å². The van der Waals surface area contributed by atoms with Crippen molar-refractivity contribution >= 4 is 22.2 Å². The topological polar surface area (TPSA) is 113 Å². The molecule has 1 aromatic rings. The van der Waals surface area contributed by atoms with E-state index < -0.39 is 40.6 Å². The van der Waals surface area contributed by atoms with Crippen molar-refractivity contribution in [2.75, 3.05) is 12.9 Å². The maximum atomic E-state index is 13.1. The van der Waals surface area contributed by atoms with Gasteiger partial charge in [0.05, 0.1) is 10.9 Å². The van der Waals surface area contributed by atoms with Crippen LogP contribution in [-0.4, -0.2) is 50.9 Å². The summed E-state index contributed by atoms with van der Waals surface area (Å²) in [4.78, 5) is 22.1. The molecule has 0 fully saturated rings. The molecule has 1 rings (SSSR count). The Morgan fingerprint density at radius 1 is 1.35 bits per heavy atom. The van der Waals surface area contributed by atoms with Crippen LogP contribution in [0.25, 0.3) is 0 Å². The highest BCUT2D eigenvalue weighted by Crippen LogP contribution is 2.20. The van der Waals surface area contributed by atoms with Gasteiger partial charge in [0.2, 0.25) is 12.3 Å². The van der Waals surface area contributed by atoms with E-state index in [0.717, 1.165) is 6.26 Å². The molecule has 0 unspecified atom stereocenters. The van der Waals surface area contributed by atoms with Crippen molar-refractivity contribution in [3.63, 3.8) is 0 Å². The van der Waals surface area contributed by atoms with Crippen molar-refractivity contribution in [2.24, 2.45) is 0 Å². The molecule has 9 heteroatoms. The molecule has 0 aliphatic heterocycles. The van der Waals surface area contributed by atoms with Gasteiger partial charge < -0.3 is 15.7 Å². The summed E-state index contributed by atoms with van der Waals surface area (Å²) in [5.74, 6) is -0.647. The molecule has 0 aromatic heterocycles. The van der Waals surface area contributed by atoms with Gasteiger partial charge in [-0.2, -0.15) is 0 Å². The molecule has 3 N–H and O–H groups in total. The summed E-state index contributed by atoms with van der Waals surface area (Å²) in [7, 11) is -3.37. The SMILES string of the molecule is C[C@H](NC=O)C(=O)N[C@H](CF)[C@@H](O)c1ccc(S(C)(=O)=O)cc1. The molecular weight excluding hydrogens is 327 g/mol. The summed E-state index contributed by atoms with van der Waals surface area (Å²) in [5.41, 5.74) is 0.261. The first-order valence-corrected chi connectivity index (χ1v) is 8.64. The average molecular weight is 346 g/mol. The molecule has 2 amide bonds. The minimum Gasteiger partial charge on any atom is -0.386 e. The van der Waals surface area contributed by atoms with E-state index in [1.807, 2.05) is 0 Å². The van der Waals surface area contributed by atoms with Crippen LogP contribution in [0.15, 0.2) is 29.2 Å². The number of aliphatic hydroxyl groups excluding tert-OH is 1. The third-order valence-corrected chi connectivity index (χ3v) is 4.36. The minimum atomic E-state index is -3.37. The van der Waals surface area contributed by atoms with Gasteiger partial charge >= 0.3 is 0 Å². The lowest BCUT2D eigenvalue weighted by Crippen LogP contribution is -2.48. The van der Waals surface area contributed by atoms with Crippen LogP contribution in [0.1, 0.15) is 18.6 Å². The Morgan fingerprint density at radius 3 is 2.35 bits per heavy atom. The fraction of sp³-hybridized carbons (Fsp3) is 0.429. The van der Waals surface area contributed by atoms with E-state index in [4.69, 9.17) is 0 Å². The van der Waals surface area contributed by atoms with Crippen LogP contribution < -0.4 is 10.6 Å². The summed E-state index contributed by atoms with van der Waals surface area (Å²) in [6.45, 7) is 0.376. The summed E-state index contributed by atoms with van der Waals surface area (Å²) in [6, 6.07) is 3.19. The molecule has 0 heterocycles. The quantitative estimate of drug-likeness (QED) is 0.560. The second kappa shape index (κ2) is 8.02. The van der Waals surface area contributed by atoms with Gasteiger partial charge in [-0.3, -0.25) is 9.59 Å². The molecule has 0 saturated carbocycles. The van der Waals surface area contributed by atoms with Crippen molar-refractivity contribution in [3.8, 4) is 0 Å². The van der Waals surface area contributed by atoms with Gasteiger partial charge in [0.15, 0.2) is 9.84 Å². The molecule has 0 radical (unpaired) electrons. The van der Waals surface area contributed by atoms with Crippen LogP contribution >= 0.6 is 0 Å². The van der Waals surface area contributed by atoms with E-state index in [9.17, 15) is 27.5 Å². The highest BCUT2D eigenvalue weighted by atomic mass is 32.2. The lowest BCUT2D eigenvalue weighted by Gasteiger charge is -2.23. The number of amides is 2. The molecule has 0 bridgehead atoms. The van der Waals surface area contributed by atoms with Gasteiger partial charge in [0.1, 0.15) is 18.8 Å². The lowest BCUT2D eigenvalue weighted by atomic mass is 10.0. The Kier molecular flexibility index (Phi) is 6.64. The van der Waals surface area contributed by atoms with E-state index in [2.05, 4.69) is 10.6 Å². The Hall–Kier alpha value is -2.00. The first kappa shape index (κ1) is 19.0. The summed E-state index contributed by atoms with van der Waals surface area (Å²) in [6.07, 6.45) is 0.0282. The largest absolute Gasteiger partial charge is 0.386 e. The molecule has 3 atom stereocenters. The fourth-order valence-corrected chi connectivity index (χ4v) is 2.46. The standard InChI is InChI=1S/C14H19FN2O5S/c1-9(16-8-18)14(20)17-12(7-15)13(19)10-3-5-11(6-4-10)23(2,21)22/h3-6,8-9,12-13,19H,7H2,1-2H3,(H,16,18)(H,17,20)/t9-,12+,13-/m0/s1. The second-order valence-electron chi connectivity index (χ2n) is 5.06. The number of sulfone groups is 1. The first-order chi connectivity index (χ1) is 10.7. The van der Waals surface area contributed by atoms with Crippen LogP contribution in [0.4, 0.5) is 4.39 Å². The second-order valence-corrected chi connectivity index (χ2v) is 7.08. The number of carbonyl (C=O) groups is 2. The highest BCUT2D eigenvalue weighted by Gasteiger charge is 2.25. The van der Waals surface area contributed by atoms with Gasteiger partial charge in [-0.1, -0.05) is 12.1 Å². The van der Waals surface area contributed by atoms with Crippen molar-refractivity contribution in [3.05, 3.63) is 29.8 Å². The monoisotopic (exact) mass is 346 g/mol. The number of aliphatic hydroxyl groups is 1. The number of rotatable bonds is 8. The van der Waals surface area contributed by atoms with Crippen molar-refractivity contribution in [1.82, 2.24) is 10.6 Å². The van der Waals surface area contributed by atoms with E-state index in [1.165, 1.54) is 31.2 Å². The maximum Gasteiger partial charge on any atom is 0.242 e. The number of alkyl halides is 1. The smallest absolute Gasteiger partial charge is 0.242 e. The van der Waals surface area contributed by atoms with Crippen LogP contribution in [0, 0.1) is 0 Å². The van der Waals surface area contributed by atoms with Crippen LogP contribution in [0.5, 0.6) is 0 Å². The Morgan fingerprint density at radius 2 is 1.91 bits per heavy atom. The van der Waals surface area contributed by atoms with E-state index in [0.29, 0.717) is 6.41 Å². The molecule has 7 nitrogen and oxygen atoms in total. The van der Waals surface area contributed by atoms with Gasteiger partial charge in [0.25, 0.3) is 0 Å². The lowest BCUT2D eigenvalue weighted by molar-refractivity contribution is -0.126. The van der Waals surface area contributed by atoms with Crippen molar-refractivity contribution in [1.29, 1.82) is 0 Å². The predicted octanol–water partition coefficient (Wildman–Crippen LogP) is -0.288. The number of nitrogens with one attached hydrogen (secondary N) is 2. The normalized spacial score (nSPS) is 15.3. The molecule has 0 saturated heterocycles. The molecular formula is C14H19FN2O5S. The molecule has 0 spiro atoms. The average Bonchev–Trinajstić information content (AvgIpc) is 2.51. The Labute approximate surface area is 133 Å². The first-order valence-electron chi connectivity index (χ1n) is 6.74.